The van der Waals surface area contributed by atoms with Crippen molar-refractivity contribution in [3.05, 3.63) is 23.8 Å². The number of phenolic OH excluding ortho intramolecular Hbond substituents is 1. The van der Waals surface area contributed by atoms with E-state index in [1.54, 1.807) is 12.1 Å². The molecule has 0 aliphatic rings. The summed E-state index contributed by atoms with van der Waals surface area (Å²) in [5.74, 6) is -0.347. The minimum Gasteiger partial charge on any atom is -0.504 e. The SMILES string of the molecule is CCCCCCCCCCCCCCCCCCOc1cccc(C(=O)OC)c1O. The molecule has 0 fully saturated rings. The van der Waals surface area contributed by atoms with Crippen LogP contribution >= 0.6 is 0 Å². The number of rotatable bonds is 19. The van der Waals surface area contributed by atoms with Crippen LogP contribution in [0, 0.1) is 0 Å². The van der Waals surface area contributed by atoms with Crippen LogP contribution in [0.3, 0.4) is 0 Å². The quantitative estimate of drug-likeness (QED) is 0.183. The van der Waals surface area contributed by atoms with Crippen LogP contribution < -0.4 is 4.74 Å². The first-order valence-corrected chi connectivity index (χ1v) is 12.2. The van der Waals surface area contributed by atoms with Gasteiger partial charge in [-0.05, 0) is 18.6 Å². The molecular formula is C26H44O4. The largest absolute Gasteiger partial charge is 0.504 e. The van der Waals surface area contributed by atoms with Crippen LogP contribution in [0.15, 0.2) is 18.2 Å². The molecular weight excluding hydrogens is 376 g/mol. The topological polar surface area (TPSA) is 55.8 Å². The fourth-order valence-corrected chi connectivity index (χ4v) is 3.75. The van der Waals surface area contributed by atoms with E-state index in [-0.39, 0.29) is 11.3 Å². The van der Waals surface area contributed by atoms with Crippen LogP contribution in [0.4, 0.5) is 0 Å². The van der Waals surface area contributed by atoms with Crippen LogP contribution in [0.2, 0.25) is 0 Å². The van der Waals surface area contributed by atoms with Crippen molar-refractivity contribution in [3.63, 3.8) is 0 Å². The second kappa shape index (κ2) is 18.1. The first kappa shape index (κ1) is 26.3. The predicted octanol–water partition coefficient (Wildman–Crippen LogP) is 7.82. The average Bonchev–Trinajstić information content (AvgIpc) is 2.76. The lowest BCUT2D eigenvalue weighted by molar-refractivity contribution is 0.0596. The number of unbranched alkanes of at least 4 members (excludes halogenated alkanes) is 15. The van der Waals surface area contributed by atoms with Crippen LogP contribution in [-0.2, 0) is 4.74 Å². The number of phenols is 1. The zero-order valence-electron chi connectivity index (χ0n) is 19.4. The molecule has 0 bridgehead atoms. The van der Waals surface area contributed by atoms with Gasteiger partial charge in [-0.3, -0.25) is 0 Å². The summed E-state index contributed by atoms with van der Waals surface area (Å²) in [6.07, 6.45) is 21.4. The highest BCUT2D eigenvalue weighted by Gasteiger charge is 2.15. The number of benzene rings is 1. The van der Waals surface area contributed by atoms with Gasteiger partial charge >= 0.3 is 5.97 Å². The molecule has 4 nitrogen and oxygen atoms in total. The van der Waals surface area contributed by atoms with Crippen molar-refractivity contribution in [2.24, 2.45) is 0 Å². The lowest BCUT2D eigenvalue weighted by atomic mass is 10.0. The first-order valence-electron chi connectivity index (χ1n) is 12.2. The van der Waals surface area contributed by atoms with E-state index in [9.17, 15) is 9.90 Å². The molecule has 0 amide bonds. The average molecular weight is 421 g/mol. The molecule has 0 spiro atoms. The van der Waals surface area contributed by atoms with Gasteiger partial charge in [0.15, 0.2) is 11.5 Å². The number of para-hydroxylation sites is 1. The van der Waals surface area contributed by atoms with Gasteiger partial charge in [-0.25, -0.2) is 4.79 Å². The molecule has 0 heterocycles. The second-order valence-corrected chi connectivity index (χ2v) is 8.30. The zero-order chi connectivity index (χ0) is 21.9. The number of aromatic hydroxyl groups is 1. The second-order valence-electron chi connectivity index (χ2n) is 8.30. The molecule has 172 valence electrons. The first-order chi connectivity index (χ1) is 14.7. The van der Waals surface area contributed by atoms with Crippen LogP contribution in [0.5, 0.6) is 11.5 Å². The Morgan fingerprint density at radius 3 is 1.70 bits per heavy atom. The Morgan fingerprint density at radius 2 is 1.23 bits per heavy atom. The van der Waals surface area contributed by atoms with Gasteiger partial charge in [-0.15, -0.1) is 0 Å². The number of hydrogen-bond donors (Lipinski definition) is 1. The molecule has 1 N–H and O–H groups in total. The van der Waals surface area contributed by atoms with Crippen molar-refractivity contribution >= 4 is 5.97 Å². The van der Waals surface area contributed by atoms with E-state index in [4.69, 9.17) is 4.74 Å². The number of ether oxygens (including phenoxy) is 2. The summed E-state index contributed by atoms with van der Waals surface area (Å²) in [6, 6.07) is 4.89. The maximum Gasteiger partial charge on any atom is 0.341 e. The van der Waals surface area contributed by atoms with Gasteiger partial charge in [0.05, 0.1) is 13.7 Å². The monoisotopic (exact) mass is 420 g/mol. The molecule has 1 aromatic carbocycles. The third-order valence-electron chi connectivity index (χ3n) is 5.66. The van der Waals surface area contributed by atoms with Crippen LogP contribution in [-0.4, -0.2) is 24.8 Å². The molecule has 1 rings (SSSR count). The highest BCUT2D eigenvalue weighted by Crippen LogP contribution is 2.30. The summed E-state index contributed by atoms with van der Waals surface area (Å²) in [5.41, 5.74) is 0.141. The predicted molar refractivity (Wildman–Crippen MR) is 124 cm³/mol. The van der Waals surface area contributed by atoms with Crippen molar-refractivity contribution in [2.75, 3.05) is 13.7 Å². The van der Waals surface area contributed by atoms with Gasteiger partial charge in [-0.1, -0.05) is 109 Å². The van der Waals surface area contributed by atoms with Crippen LogP contribution in [0.25, 0.3) is 0 Å². The zero-order valence-corrected chi connectivity index (χ0v) is 19.4. The summed E-state index contributed by atoms with van der Waals surface area (Å²) in [6.45, 7) is 2.83. The normalized spacial score (nSPS) is 10.9. The maximum atomic E-state index is 11.6. The molecule has 0 saturated carbocycles. The Bertz CT molecular complexity index is 556. The van der Waals surface area contributed by atoms with Gasteiger partial charge in [0.2, 0.25) is 0 Å². The van der Waals surface area contributed by atoms with Crippen molar-refractivity contribution in [3.8, 4) is 11.5 Å². The highest BCUT2D eigenvalue weighted by atomic mass is 16.5. The molecule has 30 heavy (non-hydrogen) atoms. The minimum absolute atomic E-state index is 0.138. The van der Waals surface area contributed by atoms with Crippen molar-refractivity contribution in [2.45, 2.75) is 110 Å². The fraction of sp³-hybridized carbons (Fsp3) is 0.731. The van der Waals surface area contributed by atoms with E-state index in [1.165, 1.54) is 103 Å². The molecule has 0 atom stereocenters. The number of hydrogen-bond acceptors (Lipinski definition) is 4. The van der Waals surface area contributed by atoms with Crippen LogP contribution in [0.1, 0.15) is 120 Å². The molecule has 0 unspecified atom stereocenters. The Balaban J connectivity index is 1.91. The van der Waals surface area contributed by atoms with E-state index in [0.717, 1.165) is 12.8 Å². The van der Waals surface area contributed by atoms with E-state index >= 15 is 0 Å². The van der Waals surface area contributed by atoms with Gasteiger partial charge in [-0.2, -0.15) is 0 Å². The van der Waals surface area contributed by atoms with Crippen molar-refractivity contribution < 1.29 is 19.4 Å². The van der Waals surface area contributed by atoms with Gasteiger partial charge in [0.1, 0.15) is 5.56 Å². The summed E-state index contributed by atoms with van der Waals surface area (Å²) in [7, 11) is 1.30. The molecule has 0 aliphatic carbocycles. The summed E-state index contributed by atoms with van der Waals surface area (Å²) < 4.78 is 10.3. The Hall–Kier alpha value is -1.71. The summed E-state index contributed by atoms with van der Waals surface area (Å²) in [4.78, 5) is 11.6. The summed E-state index contributed by atoms with van der Waals surface area (Å²) >= 11 is 0. The Kier molecular flexibility index (Phi) is 15.9. The molecule has 1 aromatic rings. The fourth-order valence-electron chi connectivity index (χ4n) is 3.75. The highest BCUT2D eigenvalue weighted by molar-refractivity contribution is 5.93. The molecule has 0 aromatic heterocycles. The van der Waals surface area contributed by atoms with E-state index in [1.807, 2.05) is 0 Å². The third kappa shape index (κ3) is 12.1. The minimum atomic E-state index is -0.555. The van der Waals surface area contributed by atoms with E-state index in [0.29, 0.717) is 12.4 Å². The third-order valence-corrected chi connectivity index (χ3v) is 5.66. The number of esters is 1. The smallest absolute Gasteiger partial charge is 0.341 e. The lowest BCUT2D eigenvalue weighted by Crippen LogP contribution is -2.04. The molecule has 0 aliphatic heterocycles. The Morgan fingerprint density at radius 1 is 0.767 bits per heavy atom. The summed E-state index contributed by atoms with van der Waals surface area (Å²) in [5, 5.41) is 10.1. The standard InChI is InChI=1S/C26H44O4/c1-3-4-5-6-7-8-9-10-11-12-13-14-15-16-17-18-22-30-24-21-19-20-23(25(24)27)26(28)29-2/h19-21,27H,3-18,22H2,1-2H3. The maximum absolute atomic E-state index is 11.6. The van der Waals surface area contributed by atoms with E-state index in [2.05, 4.69) is 11.7 Å². The lowest BCUT2D eigenvalue weighted by Gasteiger charge is -2.10. The molecule has 4 heteroatoms. The van der Waals surface area contributed by atoms with Crippen molar-refractivity contribution in [1.82, 2.24) is 0 Å². The number of carbonyl (C=O) groups is 1. The van der Waals surface area contributed by atoms with Gasteiger partial charge in [0, 0.05) is 0 Å². The van der Waals surface area contributed by atoms with E-state index < -0.39 is 5.97 Å². The number of methoxy groups -OCH3 is 1. The Labute approximate surface area is 184 Å². The van der Waals surface area contributed by atoms with Gasteiger partial charge in [0.25, 0.3) is 0 Å². The molecule has 0 saturated heterocycles. The molecule has 0 radical (unpaired) electrons. The van der Waals surface area contributed by atoms with Gasteiger partial charge < -0.3 is 14.6 Å². The number of carbonyl (C=O) groups excluding carboxylic acids is 1. The van der Waals surface area contributed by atoms with Crippen molar-refractivity contribution in [1.29, 1.82) is 0 Å².